The summed E-state index contributed by atoms with van der Waals surface area (Å²) in [7, 11) is 0. The van der Waals surface area contributed by atoms with E-state index in [2.05, 4.69) is 0 Å². The number of ketones is 1. The molecular weight excluding hydrogens is 228 g/mol. The van der Waals surface area contributed by atoms with E-state index in [0.717, 1.165) is 0 Å². The number of hydrogen-bond acceptors (Lipinski definition) is 2. The first-order valence-electron chi connectivity index (χ1n) is 4.98. The number of Topliss-reactive ketones (excluding diaryl/α,β-unsaturated/α-hetero) is 1. The molecule has 2 rings (SSSR count). The van der Waals surface area contributed by atoms with Gasteiger partial charge in [-0.15, -0.1) is 0 Å². The summed E-state index contributed by atoms with van der Waals surface area (Å²) in [6.07, 6.45) is 0.147. The van der Waals surface area contributed by atoms with Gasteiger partial charge in [0.15, 0.2) is 5.78 Å². The van der Waals surface area contributed by atoms with Gasteiger partial charge < -0.3 is 5.11 Å². The molecule has 0 spiro atoms. The van der Waals surface area contributed by atoms with Crippen LogP contribution in [0.2, 0.25) is 5.02 Å². The third kappa shape index (κ3) is 1.61. The minimum absolute atomic E-state index is 0.0266. The van der Waals surface area contributed by atoms with Crippen molar-refractivity contribution in [1.29, 1.82) is 0 Å². The SMILES string of the molecule is CC1(CC(=O)O)CC(=O)c2cccc(Cl)c21. The number of carbonyl (C=O) groups is 2. The maximum Gasteiger partial charge on any atom is 0.304 e. The highest BCUT2D eigenvalue weighted by Gasteiger charge is 2.42. The number of carboxylic acids is 1. The Kier molecular flexibility index (Phi) is 2.50. The number of hydrogen-bond donors (Lipinski definition) is 1. The van der Waals surface area contributed by atoms with Crippen LogP contribution in [0.5, 0.6) is 0 Å². The third-order valence-corrected chi connectivity index (χ3v) is 3.32. The van der Waals surface area contributed by atoms with E-state index in [-0.39, 0.29) is 18.6 Å². The standard InChI is InChI=1S/C12H11ClO3/c1-12(6-10(15)16)5-9(14)7-3-2-4-8(13)11(7)12/h2-4H,5-6H2,1H3,(H,15,16). The van der Waals surface area contributed by atoms with Crippen molar-refractivity contribution >= 4 is 23.4 Å². The molecule has 16 heavy (non-hydrogen) atoms. The molecule has 1 aromatic rings. The second kappa shape index (κ2) is 3.59. The highest BCUT2D eigenvalue weighted by molar-refractivity contribution is 6.32. The lowest BCUT2D eigenvalue weighted by atomic mass is 9.81. The van der Waals surface area contributed by atoms with E-state index in [0.29, 0.717) is 16.1 Å². The van der Waals surface area contributed by atoms with Crippen LogP contribution >= 0.6 is 11.6 Å². The number of carbonyl (C=O) groups excluding carboxylic acids is 1. The molecule has 0 fully saturated rings. The highest BCUT2D eigenvalue weighted by atomic mass is 35.5. The zero-order valence-corrected chi connectivity index (χ0v) is 9.54. The lowest BCUT2D eigenvalue weighted by Gasteiger charge is -2.23. The fourth-order valence-electron chi connectivity index (χ4n) is 2.39. The summed E-state index contributed by atoms with van der Waals surface area (Å²) in [5, 5.41) is 9.37. The van der Waals surface area contributed by atoms with E-state index >= 15 is 0 Å². The molecule has 0 radical (unpaired) electrons. The largest absolute Gasteiger partial charge is 0.481 e. The minimum atomic E-state index is -0.914. The van der Waals surface area contributed by atoms with E-state index in [1.165, 1.54) is 0 Å². The molecule has 1 aliphatic rings. The van der Waals surface area contributed by atoms with E-state index in [9.17, 15) is 9.59 Å². The number of fused-ring (bicyclic) bond motifs is 1. The monoisotopic (exact) mass is 238 g/mol. The van der Waals surface area contributed by atoms with E-state index < -0.39 is 11.4 Å². The maximum atomic E-state index is 11.8. The quantitative estimate of drug-likeness (QED) is 0.862. The fraction of sp³-hybridized carbons (Fsp3) is 0.333. The lowest BCUT2D eigenvalue weighted by Crippen LogP contribution is -2.23. The van der Waals surface area contributed by atoms with Crippen molar-refractivity contribution in [2.75, 3.05) is 0 Å². The summed E-state index contributed by atoms with van der Waals surface area (Å²) in [6, 6.07) is 5.11. The van der Waals surface area contributed by atoms with Crippen molar-refractivity contribution in [2.24, 2.45) is 0 Å². The first-order chi connectivity index (χ1) is 7.44. The van der Waals surface area contributed by atoms with Gasteiger partial charge in [0.1, 0.15) is 0 Å². The molecule has 1 N–H and O–H groups in total. The van der Waals surface area contributed by atoms with Gasteiger partial charge in [-0.2, -0.15) is 0 Å². The van der Waals surface area contributed by atoms with E-state index in [1.54, 1.807) is 25.1 Å². The summed E-state index contributed by atoms with van der Waals surface area (Å²) < 4.78 is 0. The molecule has 1 unspecified atom stereocenters. The van der Waals surface area contributed by atoms with Crippen molar-refractivity contribution in [1.82, 2.24) is 0 Å². The Labute approximate surface area is 98.0 Å². The summed E-state index contributed by atoms with van der Waals surface area (Å²) in [5.74, 6) is -0.940. The van der Waals surface area contributed by atoms with Crippen LogP contribution in [0.3, 0.4) is 0 Å². The molecule has 4 heteroatoms. The molecule has 1 atom stereocenters. The number of benzene rings is 1. The topological polar surface area (TPSA) is 54.4 Å². The van der Waals surface area contributed by atoms with Crippen LogP contribution in [-0.2, 0) is 10.2 Å². The molecule has 0 saturated carbocycles. The number of halogens is 1. The molecule has 0 aliphatic heterocycles. The predicted molar refractivity (Wildman–Crippen MR) is 60.0 cm³/mol. The zero-order chi connectivity index (χ0) is 11.9. The van der Waals surface area contributed by atoms with Gasteiger partial charge in [-0.05, 0) is 11.6 Å². The Balaban J connectivity index is 2.57. The van der Waals surface area contributed by atoms with E-state index in [1.807, 2.05) is 0 Å². The molecule has 0 saturated heterocycles. The molecule has 0 heterocycles. The molecule has 0 amide bonds. The second-order valence-electron chi connectivity index (χ2n) is 4.39. The Morgan fingerprint density at radius 2 is 2.25 bits per heavy atom. The predicted octanol–water partition coefficient (Wildman–Crippen LogP) is 2.66. The fourth-order valence-corrected chi connectivity index (χ4v) is 2.80. The van der Waals surface area contributed by atoms with E-state index in [4.69, 9.17) is 16.7 Å². The Hall–Kier alpha value is -1.35. The third-order valence-electron chi connectivity index (χ3n) is 3.01. The Morgan fingerprint density at radius 3 is 2.88 bits per heavy atom. The highest BCUT2D eigenvalue weighted by Crippen LogP contribution is 2.44. The van der Waals surface area contributed by atoms with Crippen molar-refractivity contribution in [3.63, 3.8) is 0 Å². The van der Waals surface area contributed by atoms with Crippen LogP contribution in [0.25, 0.3) is 0 Å². The molecule has 0 aromatic heterocycles. The van der Waals surface area contributed by atoms with Gasteiger partial charge in [-0.1, -0.05) is 30.7 Å². The molecule has 84 valence electrons. The number of aliphatic carboxylic acids is 1. The lowest BCUT2D eigenvalue weighted by molar-refractivity contribution is -0.138. The van der Waals surface area contributed by atoms with Gasteiger partial charge in [-0.3, -0.25) is 9.59 Å². The van der Waals surface area contributed by atoms with Crippen LogP contribution in [0, 0.1) is 0 Å². The van der Waals surface area contributed by atoms with Gasteiger partial charge in [0.2, 0.25) is 0 Å². The minimum Gasteiger partial charge on any atom is -0.481 e. The molecular formula is C12H11ClO3. The van der Waals surface area contributed by atoms with Crippen LogP contribution in [0.15, 0.2) is 18.2 Å². The average Bonchev–Trinajstić information content (AvgIpc) is 2.38. The molecule has 1 aliphatic carbocycles. The smallest absolute Gasteiger partial charge is 0.304 e. The average molecular weight is 239 g/mol. The summed E-state index contributed by atoms with van der Waals surface area (Å²) in [5.41, 5.74) is 0.580. The molecule has 1 aromatic carbocycles. The second-order valence-corrected chi connectivity index (χ2v) is 4.80. The zero-order valence-electron chi connectivity index (χ0n) is 8.79. The van der Waals surface area contributed by atoms with Crippen LogP contribution in [0.1, 0.15) is 35.7 Å². The molecule has 0 bridgehead atoms. The normalized spacial score (nSPS) is 23.2. The first kappa shape index (κ1) is 11.1. The van der Waals surface area contributed by atoms with Crippen LogP contribution in [0.4, 0.5) is 0 Å². The van der Waals surface area contributed by atoms with Gasteiger partial charge in [0, 0.05) is 22.4 Å². The van der Waals surface area contributed by atoms with Crippen LogP contribution in [-0.4, -0.2) is 16.9 Å². The summed E-state index contributed by atoms with van der Waals surface area (Å²) in [4.78, 5) is 22.6. The maximum absolute atomic E-state index is 11.8. The summed E-state index contributed by atoms with van der Waals surface area (Å²) in [6.45, 7) is 1.77. The first-order valence-corrected chi connectivity index (χ1v) is 5.36. The number of rotatable bonds is 2. The number of carboxylic acid groups (broad SMARTS) is 1. The van der Waals surface area contributed by atoms with Gasteiger partial charge in [0.25, 0.3) is 0 Å². The van der Waals surface area contributed by atoms with Gasteiger partial charge in [-0.25, -0.2) is 0 Å². The Bertz CT molecular complexity index is 477. The molecule has 3 nitrogen and oxygen atoms in total. The Morgan fingerprint density at radius 1 is 1.56 bits per heavy atom. The van der Waals surface area contributed by atoms with Crippen molar-refractivity contribution < 1.29 is 14.7 Å². The van der Waals surface area contributed by atoms with Crippen molar-refractivity contribution in [2.45, 2.75) is 25.2 Å². The van der Waals surface area contributed by atoms with Gasteiger partial charge in [0.05, 0.1) is 6.42 Å². The van der Waals surface area contributed by atoms with Crippen molar-refractivity contribution in [3.05, 3.63) is 34.3 Å². The van der Waals surface area contributed by atoms with Crippen LogP contribution < -0.4 is 0 Å². The van der Waals surface area contributed by atoms with Gasteiger partial charge >= 0.3 is 5.97 Å². The van der Waals surface area contributed by atoms with Crippen molar-refractivity contribution in [3.8, 4) is 0 Å². The summed E-state index contributed by atoms with van der Waals surface area (Å²) >= 11 is 6.06.